The minimum atomic E-state index is -0.0741. The summed E-state index contributed by atoms with van der Waals surface area (Å²) in [7, 11) is 0. The lowest BCUT2D eigenvalue weighted by Crippen LogP contribution is -2.43. The molecule has 1 aliphatic heterocycles. The Morgan fingerprint density at radius 1 is 1.42 bits per heavy atom. The van der Waals surface area contributed by atoms with Crippen LogP contribution in [0.15, 0.2) is 11.6 Å². The molecule has 1 atom stereocenters. The summed E-state index contributed by atoms with van der Waals surface area (Å²) in [6, 6.07) is 0. The number of ether oxygens (including phenoxy) is 1. The maximum absolute atomic E-state index is 5.82. The first-order valence-electron chi connectivity index (χ1n) is 4.67. The van der Waals surface area contributed by atoms with Crippen molar-refractivity contribution in [2.45, 2.75) is 46.6 Å². The summed E-state index contributed by atoms with van der Waals surface area (Å²) in [5.74, 6) is 0. The average Bonchev–Trinajstić information content (AvgIpc) is 1.83. The largest absolute Gasteiger partial charge is 0.370 e. The molecular formula is C11H20O. The highest BCUT2D eigenvalue weighted by Crippen LogP contribution is 2.38. The summed E-state index contributed by atoms with van der Waals surface area (Å²) in [6.45, 7) is 11.9. The van der Waals surface area contributed by atoms with Crippen molar-refractivity contribution < 1.29 is 4.74 Å². The lowest BCUT2D eigenvalue weighted by Gasteiger charge is -2.42. The van der Waals surface area contributed by atoms with Crippen molar-refractivity contribution in [3.63, 3.8) is 0 Å². The highest BCUT2D eigenvalue weighted by atomic mass is 16.5. The van der Waals surface area contributed by atoms with Crippen LogP contribution in [0, 0.1) is 5.41 Å². The minimum absolute atomic E-state index is 0.0741. The molecule has 0 N–H and O–H groups in total. The van der Waals surface area contributed by atoms with Crippen LogP contribution in [0.3, 0.4) is 0 Å². The van der Waals surface area contributed by atoms with Gasteiger partial charge in [-0.05, 0) is 25.7 Å². The van der Waals surface area contributed by atoms with Gasteiger partial charge in [-0.2, -0.15) is 0 Å². The van der Waals surface area contributed by atoms with Crippen LogP contribution < -0.4 is 0 Å². The van der Waals surface area contributed by atoms with E-state index in [1.54, 1.807) is 0 Å². The van der Waals surface area contributed by atoms with Gasteiger partial charge in [0.25, 0.3) is 0 Å². The van der Waals surface area contributed by atoms with Gasteiger partial charge in [0, 0.05) is 0 Å². The first-order chi connectivity index (χ1) is 5.35. The second-order valence-electron chi connectivity index (χ2n) is 4.95. The van der Waals surface area contributed by atoms with Crippen LogP contribution in [0.4, 0.5) is 0 Å². The molecule has 0 amide bonds. The third-order valence-corrected chi connectivity index (χ3v) is 2.91. The summed E-state index contributed by atoms with van der Waals surface area (Å²) in [5.41, 5.74) is 1.57. The van der Waals surface area contributed by atoms with Crippen molar-refractivity contribution in [2.75, 3.05) is 6.61 Å². The van der Waals surface area contributed by atoms with Gasteiger partial charge < -0.3 is 4.74 Å². The van der Waals surface area contributed by atoms with Gasteiger partial charge in [0.05, 0.1) is 12.2 Å². The van der Waals surface area contributed by atoms with Gasteiger partial charge in [-0.15, -0.1) is 0 Å². The van der Waals surface area contributed by atoms with E-state index in [0.29, 0.717) is 0 Å². The molecular weight excluding hydrogens is 148 g/mol. The van der Waals surface area contributed by atoms with Gasteiger partial charge in [0.2, 0.25) is 0 Å². The van der Waals surface area contributed by atoms with E-state index in [-0.39, 0.29) is 11.0 Å². The van der Waals surface area contributed by atoms with Gasteiger partial charge in [0.1, 0.15) is 0 Å². The van der Waals surface area contributed by atoms with E-state index in [9.17, 15) is 0 Å². The number of hydrogen-bond acceptors (Lipinski definition) is 1. The average molecular weight is 168 g/mol. The van der Waals surface area contributed by atoms with Gasteiger partial charge in [-0.25, -0.2) is 0 Å². The summed E-state index contributed by atoms with van der Waals surface area (Å²) in [4.78, 5) is 0. The van der Waals surface area contributed by atoms with E-state index in [1.165, 1.54) is 5.57 Å². The first kappa shape index (κ1) is 9.79. The van der Waals surface area contributed by atoms with Crippen molar-refractivity contribution in [2.24, 2.45) is 5.41 Å². The van der Waals surface area contributed by atoms with E-state index < -0.39 is 0 Å². The molecule has 1 heterocycles. The molecule has 0 bridgehead atoms. The normalized spacial score (nSPS) is 31.6. The molecule has 1 heteroatoms. The highest BCUT2D eigenvalue weighted by Gasteiger charge is 2.37. The highest BCUT2D eigenvalue weighted by molar-refractivity contribution is 5.15. The van der Waals surface area contributed by atoms with Crippen molar-refractivity contribution in [1.29, 1.82) is 0 Å². The van der Waals surface area contributed by atoms with Gasteiger partial charge >= 0.3 is 0 Å². The van der Waals surface area contributed by atoms with Crippen LogP contribution in [0.1, 0.15) is 41.0 Å². The number of hydrogen-bond donors (Lipinski definition) is 0. The second kappa shape index (κ2) is 2.88. The maximum Gasteiger partial charge on any atom is 0.0885 e. The topological polar surface area (TPSA) is 9.23 Å². The second-order valence-corrected chi connectivity index (χ2v) is 4.95. The zero-order valence-electron chi connectivity index (χ0n) is 8.90. The molecule has 70 valence electrons. The Kier molecular flexibility index (Phi) is 2.35. The van der Waals surface area contributed by atoms with Crippen LogP contribution in [-0.2, 0) is 4.74 Å². The van der Waals surface area contributed by atoms with E-state index in [2.05, 4.69) is 40.7 Å². The smallest absolute Gasteiger partial charge is 0.0885 e. The van der Waals surface area contributed by atoms with Crippen molar-refractivity contribution in [3.05, 3.63) is 11.6 Å². The predicted octanol–water partition coefficient (Wildman–Crippen LogP) is 3.16. The van der Waals surface area contributed by atoms with E-state index in [0.717, 1.165) is 13.0 Å². The molecule has 1 rings (SSSR count). The fourth-order valence-electron chi connectivity index (χ4n) is 1.44. The monoisotopic (exact) mass is 168 g/mol. The molecule has 0 aromatic heterocycles. The third-order valence-electron chi connectivity index (χ3n) is 2.91. The molecule has 0 aromatic rings. The molecule has 0 aliphatic carbocycles. The Labute approximate surface area is 75.8 Å². The summed E-state index contributed by atoms with van der Waals surface area (Å²) >= 11 is 0. The maximum atomic E-state index is 5.82. The molecule has 1 unspecified atom stereocenters. The molecule has 1 aliphatic rings. The Balaban J connectivity index is 2.91. The van der Waals surface area contributed by atoms with Gasteiger partial charge in [0.15, 0.2) is 0 Å². The molecule has 0 aromatic carbocycles. The van der Waals surface area contributed by atoms with Gasteiger partial charge in [-0.3, -0.25) is 0 Å². The SMILES string of the molecule is CC1=CC(C)(C(C)(C)C)OCC1. The Morgan fingerprint density at radius 3 is 2.33 bits per heavy atom. The molecule has 0 saturated heterocycles. The minimum Gasteiger partial charge on any atom is -0.370 e. The van der Waals surface area contributed by atoms with Crippen LogP contribution in [0.25, 0.3) is 0 Å². The van der Waals surface area contributed by atoms with Crippen molar-refractivity contribution in [3.8, 4) is 0 Å². The lowest BCUT2D eigenvalue weighted by molar-refractivity contribution is -0.0744. The predicted molar refractivity (Wildman–Crippen MR) is 52.2 cm³/mol. The molecule has 0 saturated carbocycles. The Bertz CT molecular complexity index is 198. The fourth-order valence-corrected chi connectivity index (χ4v) is 1.44. The number of rotatable bonds is 0. The quantitative estimate of drug-likeness (QED) is 0.505. The van der Waals surface area contributed by atoms with E-state index >= 15 is 0 Å². The van der Waals surface area contributed by atoms with Crippen molar-refractivity contribution in [1.82, 2.24) is 0 Å². The lowest BCUT2D eigenvalue weighted by atomic mass is 9.75. The summed E-state index contributed by atoms with van der Waals surface area (Å²) < 4.78 is 5.82. The van der Waals surface area contributed by atoms with E-state index in [4.69, 9.17) is 4.74 Å². The van der Waals surface area contributed by atoms with Crippen LogP contribution in [-0.4, -0.2) is 12.2 Å². The van der Waals surface area contributed by atoms with Crippen LogP contribution in [0.5, 0.6) is 0 Å². The summed E-state index contributed by atoms with van der Waals surface area (Å²) in [6.07, 6.45) is 3.36. The van der Waals surface area contributed by atoms with Crippen molar-refractivity contribution >= 4 is 0 Å². The zero-order chi connectivity index (χ0) is 9.41. The van der Waals surface area contributed by atoms with E-state index in [1.807, 2.05) is 0 Å². The van der Waals surface area contributed by atoms with Crippen LogP contribution >= 0.6 is 0 Å². The first-order valence-corrected chi connectivity index (χ1v) is 4.67. The molecule has 0 fully saturated rings. The Morgan fingerprint density at radius 2 is 2.00 bits per heavy atom. The zero-order valence-corrected chi connectivity index (χ0v) is 8.90. The third kappa shape index (κ3) is 1.71. The Hall–Kier alpha value is -0.300. The fraction of sp³-hybridized carbons (Fsp3) is 0.818. The molecule has 0 radical (unpaired) electrons. The van der Waals surface area contributed by atoms with Gasteiger partial charge in [-0.1, -0.05) is 32.4 Å². The molecule has 0 spiro atoms. The molecule has 1 nitrogen and oxygen atoms in total. The van der Waals surface area contributed by atoms with Crippen LogP contribution in [0.2, 0.25) is 0 Å². The molecule has 12 heavy (non-hydrogen) atoms. The summed E-state index contributed by atoms with van der Waals surface area (Å²) in [5, 5.41) is 0. The standard InChI is InChI=1S/C11H20O/c1-9-6-7-12-11(5,8-9)10(2,3)4/h8H,6-7H2,1-5H3.